The third kappa shape index (κ3) is 3.18. The zero-order valence-corrected chi connectivity index (χ0v) is 10.8. The molecule has 1 aromatic heterocycles. The molecule has 1 aliphatic rings. The molecule has 98 valence electrons. The largest absolute Gasteiger partial charge is 0.463 e. The lowest BCUT2D eigenvalue weighted by molar-refractivity contribution is 0.0587. The number of nitrogens with zero attached hydrogens (tertiary/aromatic N) is 2. The second kappa shape index (κ2) is 5.80. The quantitative estimate of drug-likeness (QED) is 0.832. The van der Waals surface area contributed by atoms with Crippen LogP contribution in [0, 0.1) is 5.92 Å². The Hall–Kier alpha value is -1.65. The lowest BCUT2D eigenvalue weighted by atomic mass is 9.87. The molecular weight excluding hydrogens is 230 g/mol. The molecule has 0 bridgehead atoms. The average Bonchev–Trinajstić information content (AvgIpc) is 2.41. The summed E-state index contributed by atoms with van der Waals surface area (Å²) < 4.78 is 4.60. The molecule has 0 aromatic carbocycles. The summed E-state index contributed by atoms with van der Waals surface area (Å²) in [5.41, 5.74) is 0. The first-order valence-corrected chi connectivity index (χ1v) is 6.37. The molecule has 0 amide bonds. The maximum Gasteiger partial charge on any atom is 0.376 e. The van der Waals surface area contributed by atoms with Crippen LogP contribution in [-0.4, -0.2) is 29.1 Å². The summed E-state index contributed by atoms with van der Waals surface area (Å²) in [7, 11) is 1.33. The highest BCUT2D eigenvalue weighted by atomic mass is 16.5. The van der Waals surface area contributed by atoms with E-state index >= 15 is 0 Å². The minimum absolute atomic E-state index is 0.103. The van der Waals surface area contributed by atoms with E-state index in [0.717, 1.165) is 18.8 Å². The van der Waals surface area contributed by atoms with E-state index in [-0.39, 0.29) is 5.82 Å². The Morgan fingerprint density at radius 3 is 2.78 bits per heavy atom. The van der Waals surface area contributed by atoms with Crippen molar-refractivity contribution >= 4 is 11.8 Å². The fourth-order valence-electron chi connectivity index (χ4n) is 2.24. The Kier molecular flexibility index (Phi) is 4.12. The molecule has 0 atom stereocenters. The van der Waals surface area contributed by atoms with Gasteiger partial charge in [0.15, 0.2) is 0 Å². The van der Waals surface area contributed by atoms with Crippen LogP contribution in [0.25, 0.3) is 0 Å². The van der Waals surface area contributed by atoms with E-state index < -0.39 is 5.97 Å². The van der Waals surface area contributed by atoms with Crippen molar-refractivity contribution in [3.8, 4) is 0 Å². The van der Waals surface area contributed by atoms with Crippen LogP contribution in [0.1, 0.15) is 43.2 Å². The molecule has 1 aliphatic carbocycles. The van der Waals surface area contributed by atoms with Crippen LogP contribution in [0.15, 0.2) is 12.3 Å². The molecular formula is C13H19N3O2. The molecule has 0 aliphatic heterocycles. The fourth-order valence-corrected chi connectivity index (χ4v) is 2.24. The Bertz CT molecular complexity index is 414. The smallest absolute Gasteiger partial charge is 0.376 e. The standard InChI is InChI=1S/C13H19N3O2/c1-9-3-5-10(6-4-9)15-11-7-8-14-12(16-11)13(17)18-2/h7-10H,3-6H2,1-2H3,(H,14,15,16). The van der Waals surface area contributed by atoms with Crippen LogP contribution in [0.4, 0.5) is 5.82 Å². The molecule has 1 aromatic rings. The molecule has 0 unspecified atom stereocenters. The maximum absolute atomic E-state index is 11.3. The van der Waals surface area contributed by atoms with Gasteiger partial charge in [-0.2, -0.15) is 0 Å². The Labute approximate surface area is 107 Å². The van der Waals surface area contributed by atoms with Crippen molar-refractivity contribution in [2.45, 2.75) is 38.6 Å². The van der Waals surface area contributed by atoms with Crippen LogP contribution in [0.3, 0.4) is 0 Å². The summed E-state index contributed by atoms with van der Waals surface area (Å²) in [4.78, 5) is 19.4. The third-order valence-corrected chi connectivity index (χ3v) is 3.39. The number of carbonyl (C=O) groups is 1. The predicted molar refractivity (Wildman–Crippen MR) is 68.4 cm³/mol. The van der Waals surface area contributed by atoms with E-state index in [9.17, 15) is 4.79 Å². The van der Waals surface area contributed by atoms with E-state index in [1.165, 1.54) is 20.0 Å². The molecule has 1 N–H and O–H groups in total. The first-order valence-electron chi connectivity index (χ1n) is 6.37. The highest BCUT2D eigenvalue weighted by Gasteiger charge is 2.18. The van der Waals surface area contributed by atoms with Gasteiger partial charge < -0.3 is 10.1 Å². The molecule has 0 radical (unpaired) electrons. The molecule has 1 fully saturated rings. The SMILES string of the molecule is COC(=O)c1nccc(NC2CCC(C)CC2)n1. The number of ether oxygens (including phenoxy) is 1. The molecule has 0 saturated heterocycles. The zero-order valence-electron chi connectivity index (χ0n) is 10.8. The van der Waals surface area contributed by atoms with Crippen molar-refractivity contribution in [1.29, 1.82) is 0 Å². The number of methoxy groups -OCH3 is 1. The van der Waals surface area contributed by atoms with E-state index in [0.29, 0.717) is 11.9 Å². The Morgan fingerprint density at radius 2 is 2.11 bits per heavy atom. The number of nitrogens with one attached hydrogen (secondary N) is 1. The van der Waals surface area contributed by atoms with Crippen molar-refractivity contribution in [2.75, 3.05) is 12.4 Å². The highest BCUT2D eigenvalue weighted by Crippen LogP contribution is 2.25. The van der Waals surface area contributed by atoms with E-state index in [1.807, 2.05) is 0 Å². The molecule has 5 nitrogen and oxygen atoms in total. The number of carbonyl (C=O) groups excluding carboxylic acids is 1. The van der Waals surface area contributed by atoms with E-state index in [1.54, 1.807) is 12.3 Å². The van der Waals surface area contributed by atoms with Gasteiger partial charge in [-0.15, -0.1) is 0 Å². The number of anilines is 1. The van der Waals surface area contributed by atoms with Gasteiger partial charge in [0.2, 0.25) is 5.82 Å². The van der Waals surface area contributed by atoms with Gasteiger partial charge in [0, 0.05) is 12.2 Å². The van der Waals surface area contributed by atoms with Gasteiger partial charge in [-0.25, -0.2) is 14.8 Å². The van der Waals surface area contributed by atoms with Crippen molar-refractivity contribution in [3.63, 3.8) is 0 Å². The minimum Gasteiger partial charge on any atom is -0.463 e. The minimum atomic E-state index is -0.504. The number of aromatic nitrogens is 2. The Morgan fingerprint density at radius 1 is 1.39 bits per heavy atom. The van der Waals surface area contributed by atoms with Gasteiger partial charge in [-0.3, -0.25) is 0 Å². The second-order valence-electron chi connectivity index (χ2n) is 4.86. The van der Waals surface area contributed by atoms with Crippen molar-refractivity contribution in [2.24, 2.45) is 5.92 Å². The predicted octanol–water partition coefficient (Wildman–Crippen LogP) is 2.25. The lowest BCUT2D eigenvalue weighted by Crippen LogP contribution is -2.26. The number of hydrogen-bond donors (Lipinski definition) is 1. The van der Waals surface area contributed by atoms with Gasteiger partial charge in [0.25, 0.3) is 0 Å². The monoisotopic (exact) mass is 249 g/mol. The van der Waals surface area contributed by atoms with Gasteiger partial charge in [0.05, 0.1) is 7.11 Å². The van der Waals surface area contributed by atoms with Crippen molar-refractivity contribution < 1.29 is 9.53 Å². The number of rotatable bonds is 3. The second-order valence-corrected chi connectivity index (χ2v) is 4.86. The van der Waals surface area contributed by atoms with Crippen molar-refractivity contribution in [1.82, 2.24) is 9.97 Å². The third-order valence-electron chi connectivity index (χ3n) is 3.39. The van der Waals surface area contributed by atoms with Crippen molar-refractivity contribution in [3.05, 3.63) is 18.1 Å². The van der Waals surface area contributed by atoms with Gasteiger partial charge >= 0.3 is 5.97 Å². The summed E-state index contributed by atoms with van der Waals surface area (Å²) in [5.74, 6) is 1.12. The fraction of sp³-hybridized carbons (Fsp3) is 0.615. The molecule has 1 heterocycles. The topological polar surface area (TPSA) is 64.1 Å². The van der Waals surface area contributed by atoms with Crippen LogP contribution in [-0.2, 0) is 4.74 Å². The molecule has 18 heavy (non-hydrogen) atoms. The molecule has 5 heteroatoms. The Balaban J connectivity index is 1.99. The maximum atomic E-state index is 11.3. The van der Waals surface area contributed by atoms with Gasteiger partial charge in [-0.05, 0) is 37.7 Å². The van der Waals surface area contributed by atoms with Gasteiger partial charge in [-0.1, -0.05) is 6.92 Å². The summed E-state index contributed by atoms with van der Waals surface area (Å²) in [6, 6.07) is 2.23. The molecule has 1 saturated carbocycles. The first kappa shape index (κ1) is 12.8. The van der Waals surface area contributed by atoms with Crippen LogP contribution < -0.4 is 5.32 Å². The van der Waals surface area contributed by atoms with Crippen LogP contribution in [0.2, 0.25) is 0 Å². The van der Waals surface area contributed by atoms with Gasteiger partial charge in [0.1, 0.15) is 5.82 Å². The zero-order chi connectivity index (χ0) is 13.0. The van der Waals surface area contributed by atoms with Crippen LogP contribution in [0.5, 0.6) is 0 Å². The molecule has 2 rings (SSSR count). The average molecular weight is 249 g/mol. The van der Waals surface area contributed by atoms with Crippen LogP contribution >= 0.6 is 0 Å². The van der Waals surface area contributed by atoms with E-state index in [4.69, 9.17) is 0 Å². The first-order chi connectivity index (χ1) is 8.69. The van der Waals surface area contributed by atoms with E-state index in [2.05, 4.69) is 26.9 Å². The highest BCUT2D eigenvalue weighted by molar-refractivity contribution is 5.85. The number of esters is 1. The summed E-state index contributed by atoms with van der Waals surface area (Å²) in [6.07, 6.45) is 6.36. The summed E-state index contributed by atoms with van der Waals surface area (Å²) >= 11 is 0. The normalized spacial score (nSPS) is 23.4. The number of hydrogen-bond acceptors (Lipinski definition) is 5. The summed E-state index contributed by atoms with van der Waals surface area (Å²) in [5, 5.41) is 3.36. The summed E-state index contributed by atoms with van der Waals surface area (Å²) in [6.45, 7) is 2.29. The molecule has 0 spiro atoms. The lowest BCUT2D eigenvalue weighted by Gasteiger charge is -2.27.